The van der Waals surface area contributed by atoms with Gasteiger partial charge in [-0.05, 0) is 0 Å². The molecule has 0 amide bonds. The number of nitrogens with zero attached hydrogens (tertiary/aromatic N) is 1. The molecule has 7 nitrogen and oxygen atoms in total. The molecule has 1 fully saturated rings. The lowest BCUT2D eigenvalue weighted by Gasteiger charge is -2.23. The number of hydrogen-bond acceptors (Lipinski definition) is 5. The van der Waals surface area contributed by atoms with Crippen molar-refractivity contribution < 1.29 is 28.1 Å². The molecule has 4 atom stereocenters. The fourth-order valence-corrected chi connectivity index (χ4v) is 1.97. The molecule has 0 radical (unpaired) electrons. The summed E-state index contributed by atoms with van der Waals surface area (Å²) in [4.78, 5) is 24.3. The summed E-state index contributed by atoms with van der Waals surface area (Å²) in [5.74, 6) is 0. The summed E-state index contributed by atoms with van der Waals surface area (Å²) in [5, 5.41) is 18.6. The molecule has 0 aliphatic carbocycles. The fourth-order valence-electron chi connectivity index (χ4n) is 1.97. The van der Waals surface area contributed by atoms with Gasteiger partial charge in [-0.25, -0.2) is 4.79 Å². The molecule has 1 unspecified atom stereocenters. The van der Waals surface area contributed by atoms with Crippen LogP contribution >= 0.6 is 0 Å². The number of aliphatic hydroxyl groups is 2. The van der Waals surface area contributed by atoms with E-state index in [1.54, 1.807) is 0 Å². The highest BCUT2D eigenvalue weighted by molar-refractivity contribution is 4.92. The predicted molar refractivity (Wildman–Crippen MR) is 57.9 cm³/mol. The Labute approximate surface area is 109 Å². The van der Waals surface area contributed by atoms with Crippen LogP contribution in [0.15, 0.2) is 21.9 Å². The van der Waals surface area contributed by atoms with E-state index in [0.717, 1.165) is 16.8 Å². The molecular weight excluding hydrogens is 285 g/mol. The Morgan fingerprint density at radius 1 is 1.45 bits per heavy atom. The molecular formula is C10H11F3N2O5. The minimum atomic E-state index is -4.95. The quantitative estimate of drug-likeness (QED) is 0.656. The van der Waals surface area contributed by atoms with Crippen molar-refractivity contribution in [3.63, 3.8) is 0 Å². The van der Waals surface area contributed by atoms with Gasteiger partial charge in [0.2, 0.25) is 0 Å². The third-order valence-corrected chi connectivity index (χ3v) is 2.94. The number of aromatic amines is 1. The molecule has 2 rings (SSSR count). The van der Waals surface area contributed by atoms with E-state index in [9.17, 15) is 27.9 Å². The minimum absolute atomic E-state index is 0.316. The first kappa shape index (κ1) is 14.8. The van der Waals surface area contributed by atoms with Gasteiger partial charge in [0.1, 0.15) is 12.3 Å². The molecule has 1 aliphatic rings. The predicted octanol–water partition coefficient (Wildman–Crippen LogP) is -0.892. The zero-order valence-corrected chi connectivity index (χ0v) is 9.87. The lowest BCUT2D eigenvalue weighted by Crippen LogP contribution is -2.44. The van der Waals surface area contributed by atoms with Crippen LogP contribution in [0.2, 0.25) is 0 Å². The number of alkyl halides is 3. The molecule has 20 heavy (non-hydrogen) atoms. The maximum Gasteiger partial charge on any atom is 0.417 e. The second kappa shape index (κ2) is 5.04. The lowest BCUT2D eigenvalue weighted by molar-refractivity contribution is -0.244. The van der Waals surface area contributed by atoms with E-state index >= 15 is 0 Å². The van der Waals surface area contributed by atoms with Crippen molar-refractivity contribution >= 4 is 0 Å². The highest BCUT2D eigenvalue weighted by Crippen LogP contribution is 2.34. The van der Waals surface area contributed by atoms with Crippen molar-refractivity contribution in [2.24, 2.45) is 0 Å². The average molecular weight is 296 g/mol. The summed E-state index contributed by atoms with van der Waals surface area (Å²) in [5.41, 5.74) is -1.55. The van der Waals surface area contributed by atoms with E-state index < -0.39 is 42.0 Å². The van der Waals surface area contributed by atoms with Gasteiger partial charge in [0.15, 0.2) is 6.10 Å². The molecule has 0 aromatic carbocycles. The first-order valence-corrected chi connectivity index (χ1v) is 5.60. The van der Waals surface area contributed by atoms with E-state index in [1.165, 1.54) is 0 Å². The van der Waals surface area contributed by atoms with E-state index in [0.29, 0.717) is 0 Å². The Morgan fingerprint density at radius 2 is 2.10 bits per heavy atom. The van der Waals surface area contributed by atoms with Crippen molar-refractivity contribution in [2.45, 2.75) is 37.1 Å². The first-order chi connectivity index (χ1) is 9.20. The molecule has 112 valence electrons. The van der Waals surface area contributed by atoms with E-state index in [2.05, 4.69) is 0 Å². The van der Waals surface area contributed by atoms with Gasteiger partial charge in [-0.2, -0.15) is 13.2 Å². The maximum atomic E-state index is 12.4. The van der Waals surface area contributed by atoms with Crippen molar-refractivity contribution in [3.8, 4) is 0 Å². The number of hydrogen-bond donors (Lipinski definition) is 3. The largest absolute Gasteiger partial charge is 0.417 e. The van der Waals surface area contributed by atoms with Crippen LogP contribution in [0.1, 0.15) is 12.6 Å². The summed E-state index contributed by atoms with van der Waals surface area (Å²) >= 11 is 0. The smallest absolute Gasteiger partial charge is 0.390 e. The molecule has 2 heterocycles. The molecule has 1 aliphatic heterocycles. The SMILES string of the molecule is O=c1ccn([C@H]2C[C@H](O)[C@H](C(O)C(F)(F)F)O2)c(=O)[nH]1. The zero-order valence-electron chi connectivity index (χ0n) is 9.87. The van der Waals surface area contributed by atoms with Crippen molar-refractivity contribution in [1.82, 2.24) is 9.55 Å². The van der Waals surface area contributed by atoms with Crippen LogP contribution in [-0.2, 0) is 4.74 Å². The number of halogens is 3. The minimum Gasteiger partial charge on any atom is -0.390 e. The van der Waals surface area contributed by atoms with Crippen LogP contribution < -0.4 is 11.2 Å². The number of aromatic nitrogens is 2. The molecule has 0 saturated carbocycles. The zero-order chi connectivity index (χ0) is 15.1. The van der Waals surface area contributed by atoms with Crippen LogP contribution in [0.25, 0.3) is 0 Å². The number of H-pyrrole nitrogens is 1. The lowest BCUT2D eigenvalue weighted by atomic mass is 10.1. The molecule has 1 aromatic rings. The third-order valence-electron chi connectivity index (χ3n) is 2.94. The first-order valence-electron chi connectivity index (χ1n) is 5.60. The van der Waals surface area contributed by atoms with Crippen molar-refractivity contribution in [2.75, 3.05) is 0 Å². The molecule has 3 N–H and O–H groups in total. The van der Waals surface area contributed by atoms with Crippen LogP contribution in [0.3, 0.4) is 0 Å². The Hall–Kier alpha value is -1.65. The summed E-state index contributed by atoms with van der Waals surface area (Å²) in [6.07, 6.45) is -11.8. The summed E-state index contributed by atoms with van der Waals surface area (Å²) in [7, 11) is 0. The van der Waals surface area contributed by atoms with E-state index in [4.69, 9.17) is 9.84 Å². The van der Waals surface area contributed by atoms with E-state index in [-0.39, 0.29) is 6.42 Å². The molecule has 0 spiro atoms. The molecule has 0 bridgehead atoms. The molecule has 1 saturated heterocycles. The van der Waals surface area contributed by atoms with Gasteiger partial charge in [0, 0.05) is 18.7 Å². The highest BCUT2D eigenvalue weighted by Gasteiger charge is 2.51. The van der Waals surface area contributed by atoms with Gasteiger partial charge < -0.3 is 14.9 Å². The van der Waals surface area contributed by atoms with E-state index in [1.807, 2.05) is 4.98 Å². The summed E-state index contributed by atoms with van der Waals surface area (Å²) in [6.45, 7) is 0. The van der Waals surface area contributed by atoms with Crippen molar-refractivity contribution in [1.29, 1.82) is 0 Å². The Morgan fingerprint density at radius 3 is 2.65 bits per heavy atom. The second-order valence-electron chi connectivity index (χ2n) is 4.36. The summed E-state index contributed by atoms with van der Waals surface area (Å²) in [6, 6.07) is 0.991. The normalized spacial score (nSPS) is 28.6. The van der Waals surface area contributed by atoms with Gasteiger partial charge in [-0.3, -0.25) is 14.3 Å². The van der Waals surface area contributed by atoms with Crippen LogP contribution in [-0.4, -0.2) is 44.3 Å². The van der Waals surface area contributed by atoms with Crippen LogP contribution in [0.5, 0.6) is 0 Å². The van der Waals surface area contributed by atoms with Gasteiger partial charge in [-0.1, -0.05) is 0 Å². The number of aliphatic hydroxyl groups excluding tert-OH is 2. The van der Waals surface area contributed by atoms with Gasteiger partial charge in [0.05, 0.1) is 6.10 Å². The standard InChI is InChI=1S/C10H11F3N2O5/c11-10(12,13)8(18)7-4(16)3-6(20-7)15-2-1-5(17)14-9(15)19/h1-2,4,6-8,16,18H,3H2,(H,14,17,19)/t4-,6+,7+,8?/m0/s1. The van der Waals surface area contributed by atoms with Crippen molar-refractivity contribution in [3.05, 3.63) is 33.1 Å². The third kappa shape index (κ3) is 2.76. The molecule has 10 heteroatoms. The molecule has 1 aromatic heterocycles. The highest BCUT2D eigenvalue weighted by atomic mass is 19.4. The average Bonchev–Trinajstić information content (AvgIpc) is 2.68. The maximum absolute atomic E-state index is 12.4. The fraction of sp³-hybridized carbons (Fsp3) is 0.600. The Balaban J connectivity index is 2.22. The Kier molecular flexibility index (Phi) is 3.71. The van der Waals surface area contributed by atoms with Crippen LogP contribution in [0.4, 0.5) is 13.2 Å². The van der Waals surface area contributed by atoms with Gasteiger partial charge in [-0.15, -0.1) is 0 Å². The van der Waals surface area contributed by atoms with Gasteiger partial charge >= 0.3 is 11.9 Å². The topological polar surface area (TPSA) is 105 Å². The number of rotatable bonds is 2. The monoisotopic (exact) mass is 296 g/mol. The Bertz CT molecular complexity index is 596. The summed E-state index contributed by atoms with van der Waals surface area (Å²) < 4.78 is 42.9. The second-order valence-corrected chi connectivity index (χ2v) is 4.36. The van der Waals surface area contributed by atoms with Crippen LogP contribution in [0, 0.1) is 0 Å². The number of nitrogens with one attached hydrogen (secondary N) is 1. The van der Waals surface area contributed by atoms with Gasteiger partial charge in [0.25, 0.3) is 5.56 Å². The number of ether oxygens (including phenoxy) is 1.